The van der Waals surface area contributed by atoms with Crippen LogP contribution in [-0.2, 0) is 10.3 Å². The summed E-state index contributed by atoms with van der Waals surface area (Å²) < 4.78 is 5.74. The molecule has 1 aromatic heterocycles. The van der Waals surface area contributed by atoms with E-state index in [9.17, 15) is 14.4 Å². The number of hydrogen-bond acceptors (Lipinski definition) is 4. The van der Waals surface area contributed by atoms with E-state index in [1.165, 1.54) is 4.90 Å². The molecule has 3 heterocycles. The van der Waals surface area contributed by atoms with Crippen molar-refractivity contribution in [2.45, 2.75) is 5.54 Å². The Kier molecular flexibility index (Phi) is 2.98. The summed E-state index contributed by atoms with van der Waals surface area (Å²) in [5.74, 6) is -1.07. The van der Waals surface area contributed by atoms with Crippen LogP contribution in [0.1, 0.15) is 21.7 Å². The number of nitrogens with zero attached hydrogens (tertiary/aromatic N) is 1. The third-order valence-electron chi connectivity index (χ3n) is 5.16. The van der Waals surface area contributed by atoms with Gasteiger partial charge in [0.15, 0.2) is 11.0 Å². The van der Waals surface area contributed by atoms with Crippen LogP contribution in [0.15, 0.2) is 70.4 Å². The van der Waals surface area contributed by atoms with Crippen LogP contribution in [0, 0.1) is 0 Å². The van der Waals surface area contributed by atoms with Crippen molar-refractivity contribution in [3.8, 4) is 0 Å². The molecular formula is C21H14N2O4. The molecule has 0 saturated carbocycles. The molecule has 0 fully saturated rings. The minimum absolute atomic E-state index is 0.0511. The van der Waals surface area contributed by atoms with Gasteiger partial charge in [0.1, 0.15) is 5.58 Å². The fourth-order valence-electron chi connectivity index (χ4n) is 4.06. The zero-order valence-corrected chi connectivity index (χ0v) is 14.2. The topological polar surface area (TPSA) is 79.6 Å². The van der Waals surface area contributed by atoms with Gasteiger partial charge < -0.3 is 14.6 Å². The number of amides is 2. The van der Waals surface area contributed by atoms with Crippen LogP contribution >= 0.6 is 0 Å². The van der Waals surface area contributed by atoms with Crippen molar-refractivity contribution in [1.82, 2.24) is 5.32 Å². The molecule has 0 aliphatic carbocycles. The molecule has 6 heteroatoms. The van der Waals surface area contributed by atoms with Crippen LogP contribution in [0.2, 0.25) is 0 Å². The molecule has 6 nitrogen and oxygen atoms in total. The van der Waals surface area contributed by atoms with E-state index in [4.69, 9.17) is 4.42 Å². The minimum atomic E-state index is -1.57. The highest BCUT2D eigenvalue weighted by Gasteiger charge is 2.60. The van der Waals surface area contributed by atoms with Crippen molar-refractivity contribution in [1.29, 1.82) is 0 Å². The first-order valence-electron chi connectivity index (χ1n) is 8.51. The van der Waals surface area contributed by atoms with Crippen LogP contribution in [0.4, 0.5) is 5.69 Å². The lowest BCUT2D eigenvalue weighted by molar-refractivity contribution is -0.122. The molecule has 3 aromatic rings. The molecule has 0 unspecified atom stereocenters. The second-order valence-electron chi connectivity index (χ2n) is 6.56. The molecule has 0 bridgehead atoms. The van der Waals surface area contributed by atoms with Crippen LogP contribution in [-0.4, -0.2) is 18.4 Å². The lowest BCUT2D eigenvalue weighted by Crippen LogP contribution is -2.51. The van der Waals surface area contributed by atoms with E-state index < -0.39 is 17.4 Å². The highest BCUT2D eigenvalue weighted by molar-refractivity contribution is 6.17. The SMILES string of the molecule is C=CCN1C(=O)[C@]2(NC(=O)c3oc4ccccc4c(=O)c32)c2ccccc21. The van der Waals surface area contributed by atoms with E-state index in [-0.39, 0.29) is 23.3 Å². The third kappa shape index (κ3) is 1.76. The second-order valence-corrected chi connectivity index (χ2v) is 6.56. The van der Waals surface area contributed by atoms with Gasteiger partial charge in [0.25, 0.3) is 11.8 Å². The van der Waals surface area contributed by atoms with Gasteiger partial charge in [0, 0.05) is 12.1 Å². The Morgan fingerprint density at radius 1 is 1.07 bits per heavy atom. The lowest BCUT2D eigenvalue weighted by Gasteiger charge is -2.23. The first-order valence-corrected chi connectivity index (χ1v) is 8.51. The molecule has 0 saturated heterocycles. The van der Waals surface area contributed by atoms with Gasteiger partial charge in [-0.1, -0.05) is 36.4 Å². The molecule has 0 radical (unpaired) electrons. The molecule has 2 aromatic carbocycles. The molecule has 2 aliphatic heterocycles. The molecule has 27 heavy (non-hydrogen) atoms. The number of rotatable bonds is 2. The van der Waals surface area contributed by atoms with Gasteiger partial charge in [0.05, 0.1) is 16.6 Å². The largest absolute Gasteiger partial charge is 0.450 e. The fourth-order valence-corrected chi connectivity index (χ4v) is 4.06. The zero-order chi connectivity index (χ0) is 18.8. The minimum Gasteiger partial charge on any atom is -0.450 e. The van der Waals surface area contributed by atoms with Crippen LogP contribution in [0.3, 0.4) is 0 Å². The number of fused-ring (bicyclic) bond motifs is 5. The van der Waals surface area contributed by atoms with E-state index in [0.29, 0.717) is 22.2 Å². The third-order valence-corrected chi connectivity index (χ3v) is 5.16. The highest BCUT2D eigenvalue weighted by Crippen LogP contribution is 2.47. The Morgan fingerprint density at radius 3 is 2.63 bits per heavy atom. The number of anilines is 1. The molecular weight excluding hydrogens is 344 g/mol. The summed E-state index contributed by atoms with van der Waals surface area (Å²) in [5.41, 5.74) is -0.384. The van der Waals surface area contributed by atoms with Gasteiger partial charge in [-0.3, -0.25) is 14.4 Å². The van der Waals surface area contributed by atoms with Crippen molar-refractivity contribution in [3.05, 3.63) is 88.3 Å². The molecule has 1 atom stereocenters. The zero-order valence-electron chi connectivity index (χ0n) is 14.2. The van der Waals surface area contributed by atoms with Gasteiger partial charge >= 0.3 is 0 Å². The maximum Gasteiger partial charge on any atom is 0.288 e. The smallest absolute Gasteiger partial charge is 0.288 e. The first-order chi connectivity index (χ1) is 13.1. The normalized spacial score (nSPS) is 20.1. The molecule has 2 amide bonds. The Labute approximate surface area is 153 Å². The Hall–Kier alpha value is -3.67. The summed E-state index contributed by atoms with van der Waals surface area (Å²) in [6.07, 6.45) is 1.61. The van der Waals surface area contributed by atoms with E-state index in [1.807, 2.05) is 6.07 Å². The molecule has 5 rings (SSSR count). The number of carbonyl (C=O) groups is 2. The maximum absolute atomic E-state index is 13.5. The van der Waals surface area contributed by atoms with E-state index >= 15 is 0 Å². The van der Waals surface area contributed by atoms with Crippen molar-refractivity contribution in [2.24, 2.45) is 0 Å². The van der Waals surface area contributed by atoms with Crippen LogP contribution < -0.4 is 15.6 Å². The van der Waals surface area contributed by atoms with Gasteiger partial charge in [-0.15, -0.1) is 6.58 Å². The van der Waals surface area contributed by atoms with Gasteiger partial charge in [-0.05, 0) is 18.2 Å². The summed E-state index contributed by atoms with van der Waals surface area (Å²) in [5, 5.41) is 3.08. The average molecular weight is 358 g/mol. The molecule has 2 aliphatic rings. The van der Waals surface area contributed by atoms with E-state index in [0.717, 1.165) is 0 Å². The van der Waals surface area contributed by atoms with Crippen molar-refractivity contribution in [2.75, 3.05) is 11.4 Å². The lowest BCUT2D eigenvalue weighted by atomic mass is 9.85. The second kappa shape index (κ2) is 5.17. The Balaban J connectivity index is 1.90. The first kappa shape index (κ1) is 15.6. The summed E-state index contributed by atoms with van der Waals surface area (Å²) in [6, 6.07) is 13.8. The number of hydrogen-bond donors (Lipinski definition) is 1. The van der Waals surface area contributed by atoms with Crippen molar-refractivity contribution < 1.29 is 14.0 Å². The van der Waals surface area contributed by atoms with Gasteiger partial charge in [0.2, 0.25) is 5.76 Å². The van der Waals surface area contributed by atoms with E-state index in [2.05, 4.69) is 11.9 Å². The number of nitrogens with one attached hydrogen (secondary N) is 1. The van der Waals surface area contributed by atoms with E-state index in [1.54, 1.807) is 48.5 Å². The van der Waals surface area contributed by atoms with Crippen LogP contribution in [0.5, 0.6) is 0 Å². The molecule has 1 N–H and O–H groups in total. The average Bonchev–Trinajstić information content (AvgIpc) is 3.11. The molecule has 1 spiro atoms. The van der Waals surface area contributed by atoms with Crippen LogP contribution in [0.25, 0.3) is 11.0 Å². The number of carbonyl (C=O) groups excluding carboxylic acids is 2. The quantitative estimate of drug-likeness (QED) is 0.713. The summed E-state index contributed by atoms with van der Waals surface area (Å²) in [4.78, 5) is 41.0. The van der Waals surface area contributed by atoms with Crippen molar-refractivity contribution >= 4 is 28.5 Å². The number of benzene rings is 2. The van der Waals surface area contributed by atoms with Crippen molar-refractivity contribution in [3.63, 3.8) is 0 Å². The summed E-state index contributed by atoms with van der Waals surface area (Å²) >= 11 is 0. The molecule has 132 valence electrons. The monoisotopic (exact) mass is 358 g/mol. The Bertz CT molecular complexity index is 1230. The predicted octanol–water partition coefficient (Wildman–Crippen LogP) is 2.31. The standard InChI is InChI=1S/C21H14N2O4/c1-2-11-23-14-9-5-4-8-13(14)21(20(23)26)16-17(24)12-7-3-6-10-15(12)27-18(16)19(25)22-21/h2-10H,1,11H2,(H,22,25)/t21-/m0/s1. The Morgan fingerprint density at radius 2 is 1.81 bits per heavy atom. The predicted molar refractivity (Wildman–Crippen MR) is 99.7 cm³/mol. The summed E-state index contributed by atoms with van der Waals surface area (Å²) in [6.45, 7) is 3.97. The van der Waals surface area contributed by atoms with Gasteiger partial charge in [-0.25, -0.2) is 0 Å². The maximum atomic E-state index is 13.5. The van der Waals surface area contributed by atoms with Gasteiger partial charge in [-0.2, -0.15) is 0 Å². The highest BCUT2D eigenvalue weighted by atomic mass is 16.3. The fraction of sp³-hybridized carbons (Fsp3) is 0.0952. The number of para-hydroxylation sites is 2. The summed E-state index contributed by atoms with van der Waals surface area (Å²) in [7, 11) is 0.